The maximum atomic E-state index is 9.32. The summed E-state index contributed by atoms with van der Waals surface area (Å²) in [4.78, 5) is 0. The van der Waals surface area contributed by atoms with E-state index in [4.69, 9.17) is 9.47 Å². The van der Waals surface area contributed by atoms with E-state index < -0.39 is 0 Å². The van der Waals surface area contributed by atoms with Crippen molar-refractivity contribution >= 4 is 0 Å². The number of ether oxygens (including phenoxy) is 2. The van der Waals surface area contributed by atoms with Gasteiger partial charge in [-0.25, -0.2) is 0 Å². The van der Waals surface area contributed by atoms with Crippen LogP contribution in [0.3, 0.4) is 0 Å². The quantitative estimate of drug-likeness (QED) is 0.565. The molecule has 0 saturated carbocycles. The van der Waals surface area contributed by atoms with Crippen molar-refractivity contribution in [3.63, 3.8) is 0 Å². The van der Waals surface area contributed by atoms with Gasteiger partial charge in [-0.1, -0.05) is 6.92 Å². The summed E-state index contributed by atoms with van der Waals surface area (Å²) in [7, 11) is 1.67. The van der Waals surface area contributed by atoms with Crippen LogP contribution in [0, 0.1) is 0 Å². The number of methoxy groups -OCH3 is 1. The number of rotatable bonds is 8. The van der Waals surface area contributed by atoms with Gasteiger partial charge in [0, 0.05) is 20.3 Å². The number of hydrogen-bond donors (Lipinski definition) is 1. The highest BCUT2D eigenvalue weighted by atomic mass is 16.5. The minimum absolute atomic E-state index is 0.327. The Labute approximate surface area is 74.7 Å². The van der Waals surface area contributed by atoms with Gasteiger partial charge in [-0.2, -0.15) is 0 Å². The smallest absolute Gasteiger partial charge is 0.0774 e. The fourth-order valence-corrected chi connectivity index (χ4v) is 0.910. The molecule has 0 heterocycles. The second kappa shape index (κ2) is 8.97. The summed E-state index contributed by atoms with van der Waals surface area (Å²) in [5.74, 6) is 0. The van der Waals surface area contributed by atoms with Crippen LogP contribution in [0.25, 0.3) is 0 Å². The van der Waals surface area contributed by atoms with Gasteiger partial charge < -0.3 is 14.6 Å². The lowest BCUT2D eigenvalue weighted by molar-refractivity contribution is 0.0282. The minimum Gasteiger partial charge on any atom is -0.391 e. The molecule has 0 aromatic carbocycles. The van der Waals surface area contributed by atoms with Gasteiger partial charge in [0.2, 0.25) is 0 Å². The van der Waals surface area contributed by atoms with Gasteiger partial charge in [0.1, 0.15) is 0 Å². The third kappa shape index (κ3) is 7.98. The third-order valence-corrected chi connectivity index (χ3v) is 1.54. The maximum absolute atomic E-state index is 9.32. The largest absolute Gasteiger partial charge is 0.391 e. The molecule has 1 unspecified atom stereocenters. The molecular weight excluding hydrogens is 156 g/mol. The lowest BCUT2D eigenvalue weighted by Crippen LogP contribution is -2.16. The molecule has 0 aliphatic rings. The fraction of sp³-hybridized carbons (Fsp3) is 1.00. The highest BCUT2D eigenvalue weighted by molar-refractivity contribution is 4.53. The van der Waals surface area contributed by atoms with E-state index >= 15 is 0 Å². The van der Waals surface area contributed by atoms with Crippen LogP contribution < -0.4 is 0 Å². The van der Waals surface area contributed by atoms with Crippen LogP contribution in [-0.2, 0) is 9.47 Å². The molecule has 74 valence electrons. The first kappa shape index (κ1) is 11.9. The Kier molecular flexibility index (Phi) is 8.88. The molecule has 0 aromatic heterocycles. The second-order valence-electron chi connectivity index (χ2n) is 2.86. The molecule has 0 radical (unpaired) electrons. The Morgan fingerprint density at radius 1 is 1.33 bits per heavy atom. The molecule has 0 fully saturated rings. The molecule has 0 aliphatic carbocycles. The van der Waals surface area contributed by atoms with Crippen LogP contribution in [0.5, 0.6) is 0 Å². The van der Waals surface area contributed by atoms with Crippen molar-refractivity contribution in [2.75, 3.05) is 26.9 Å². The minimum atomic E-state index is -0.327. The molecule has 0 spiro atoms. The first-order valence-electron chi connectivity index (χ1n) is 4.56. The molecule has 1 atom stereocenters. The summed E-state index contributed by atoms with van der Waals surface area (Å²) in [6.07, 6.45) is 2.34. The number of aliphatic hydroxyl groups is 1. The predicted molar refractivity (Wildman–Crippen MR) is 48.2 cm³/mol. The average Bonchev–Trinajstić information content (AvgIpc) is 2.06. The fourth-order valence-electron chi connectivity index (χ4n) is 0.910. The van der Waals surface area contributed by atoms with Crippen LogP contribution in [0.1, 0.15) is 26.2 Å². The van der Waals surface area contributed by atoms with E-state index in [1.54, 1.807) is 7.11 Å². The Morgan fingerprint density at radius 3 is 2.67 bits per heavy atom. The van der Waals surface area contributed by atoms with Crippen LogP contribution >= 0.6 is 0 Å². The van der Waals surface area contributed by atoms with E-state index in [-0.39, 0.29) is 6.10 Å². The third-order valence-electron chi connectivity index (χ3n) is 1.54. The lowest BCUT2D eigenvalue weighted by atomic mass is 10.2. The van der Waals surface area contributed by atoms with E-state index in [1.165, 1.54) is 0 Å². The van der Waals surface area contributed by atoms with Gasteiger partial charge in [0.15, 0.2) is 0 Å². The van der Waals surface area contributed by atoms with E-state index in [0.29, 0.717) is 13.2 Å². The first-order chi connectivity index (χ1) is 5.81. The van der Waals surface area contributed by atoms with Crippen LogP contribution in [0.15, 0.2) is 0 Å². The summed E-state index contributed by atoms with van der Waals surface area (Å²) in [6, 6.07) is 0. The average molecular weight is 176 g/mol. The van der Waals surface area contributed by atoms with Crippen LogP contribution in [0.4, 0.5) is 0 Å². The topological polar surface area (TPSA) is 38.7 Å². The molecule has 0 amide bonds. The first-order valence-corrected chi connectivity index (χ1v) is 4.56. The Morgan fingerprint density at radius 2 is 2.08 bits per heavy atom. The van der Waals surface area contributed by atoms with Crippen molar-refractivity contribution < 1.29 is 14.6 Å². The van der Waals surface area contributed by atoms with Gasteiger partial charge in [0.05, 0.1) is 12.7 Å². The molecule has 3 heteroatoms. The summed E-state index contributed by atoms with van der Waals surface area (Å²) >= 11 is 0. The Balaban J connectivity index is 3.04. The zero-order valence-electron chi connectivity index (χ0n) is 8.08. The molecule has 0 rings (SSSR count). The highest BCUT2D eigenvalue weighted by Gasteiger charge is 2.02. The SMILES string of the molecule is CCCOCC(O)CCCOC. The summed E-state index contributed by atoms with van der Waals surface area (Å²) in [5, 5.41) is 9.32. The lowest BCUT2D eigenvalue weighted by Gasteiger charge is -2.09. The molecule has 1 N–H and O–H groups in total. The standard InChI is InChI=1S/C9H20O3/c1-3-6-12-8-9(10)5-4-7-11-2/h9-10H,3-8H2,1-2H3. The predicted octanol–water partition coefficient (Wildman–Crippen LogP) is 1.20. The molecule has 0 aliphatic heterocycles. The summed E-state index contributed by atoms with van der Waals surface area (Å²) < 4.78 is 10.1. The zero-order chi connectivity index (χ0) is 9.23. The molecular formula is C9H20O3. The molecule has 12 heavy (non-hydrogen) atoms. The van der Waals surface area contributed by atoms with Crippen molar-refractivity contribution in [3.05, 3.63) is 0 Å². The number of hydrogen-bond acceptors (Lipinski definition) is 3. The van der Waals surface area contributed by atoms with Gasteiger partial charge >= 0.3 is 0 Å². The monoisotopic (exact) mass is 176 g/mol. The Hall–Kier alpha value is -0.120. The van der Waals surface area contributed by atoms with Gasteiger partial charge in [-0.05, 0) is 19.3 Å². The normalized spacial score (nSPS) is 13.2. The molecule has 3 nitrogen and oxygen atoms in total. The van der Waals surface area contributed by atoms with Crippen molar-refractivity contribution in [1.29, 1.82) is 0 Å². The van der Waals surface area contributed by atoms with Crippen molar-refractivity contribution in [1.82, 2.24) is 0 Å². The van der Waals surface area contributed by atoms with Gasteiger partial charge in [-0.15, -0.1) is 0 Å². The van der Waals surface area contributed by atoms with E-state index in [1.807, 2.05) is 0 Å². The zero-order valence-corrected chi connectivity index (χ0v) is 8.08. The maximum Gasteiger partial charge on any atom is 0.0774 e. The van der Waals surface area contributed by atoms with Gasteiger partial charge in [-0.3, -0.25) is 0 Å². The van der Waals surface area contributed by atoms with Crippen molar-refractivity contribution in [3.8, 4) is 0 Å². The second-order valence-corrected chi connectivity index (χ2v) is 2.86. The van der Waals surface area contributed by atoms with Gasteiger partial charge in [0.25, 0.3) is 0 Å². The van der Waals surface area contributed by atoms with E-state index in [2.05, 4.69) is 6.92 Å². The molecule has 0 saturated heterocycles. The summed E-state index contributed by atoms with van der Waals surface area (Å²) in [6.45, 7) is 3.96. The van der Waals surface area contributed by atoms with E-state index in [0.717, 1.165) is 25.9 Å². The van der Waals surface area contributed by atoms with Crippen molar-refractivity contribution in [2.24, 2.45) is 0 Å². The molecule has 0 bridgehead atoms. The summed E-state index contributed by atoms with van der Waals surface area (Å²) in [5.41, 5.74) is 0. The molecule has 0 aromatic rings. The Bertz CT molecular complexity index is 75.8. The van der Waals surface area contributed by atoms with Crippen LogP contribution in [0.2, 0.25) is 0 Å². The number of aliphatic hydroxyl groups excluding tert-OH is 1. The highest BCUT2D eigenvalue weighted by Crippen LogP contribution is 1.98. The van der Waals surface area contributed by atoms with Crippen molar-refractivity contribution in [2.45, 2.75) is 32.3 Å². The van der Waals surface area contributed by atoms with Crippen LogP contribution in [-0.4, -0.2) is 38.1 Å². The van der Waals surface area contributed by atoms with E-state index in [9.17, 15) is 5.11 Å².